The summed E-state index contributed by atoms with van der Waals surface area (Å²) in [4.78, 5) is 25.3. The first-order chi connectivity index (χ1) is 11.9. The molecule has 1 aliphatic heterocycles. The number of benzene rings is 2. The molecular weight excluding hydrogens is 346 g/mol. The molecule has 2 atom stereocenters. The summed E-state index contributed by atoms with van der Waals surface area (Å²) in [5.41, 5.74) is 0.928. The van der Waals surface area contributed by atoms with Gasteiger partial charge in [0.15, 0.2) is 0 Å². The van der Waals surface area contributed by atoms with E-state index in [1.807, 2.05) is 18.2 Å². The van der Waals surface area contributed by atoms with Gasteiger partial charge < -0.3 is 10.6 Å². The number of fused-ring (bicyclic) bond motifs is 1. The van der Waals surface area contributed by atoms with Crippen molar-refractivity contribution in [3.8, 4) is 0 Å². The van der Waals surface area contributed by atoms with E-state index in [-0.39, 0.29) is 23.8 Å². The third-order valence-corrected chi connectivity index (χ3v) is 5.16. The van der Waals surface area contributed by atoms with Crippen molar-refractivity contribution in [2.45, 2.75) is 29.5 Å². The highest BCUT2D eigenvalue weighted by Gasteiger charge is 2.29. The fourth-order valence-electron chi connectivity index (χ4n) is 2.63. The Morgan fingerprint density at radius 3 is 2.80 bits per heavy atom. The number of halogens is 2. The lowest BCUT2D eigenvalue weighted by Gasteiger charge is -2.24. The van der Waals surface area contributed by atoms with Gasteiger partial charge in [-0.1, -0.05) is 18.2 Å². The zero-order chi connectivity index (χ0) is 18.0. The molecule has 0 saturated carbocycles. The Kier molecular flexibility index (Phi) is 5.03. The van der Waals surface area contributed by atoms with Gasteiger partial charge in [0.1, 0.15) is 11.6 Å². The van der Waals surface area contributed by atoms with Crippen LogP contribution in [0.5, 0.6) is 0 Å². The molecule has 25 heavy (non-hydrogen) atoms. The molecule has 0 radical (unpaired) electrons. The van der Waals surface area contributed by atoms with Crippen LogP contribution >= 0.6 is 11.8 Å². The van der Waals surface area contributed by atoms with Crippen molar-refractivity contribution in [3.05, 3.63) is 59.7 Å². The maximum absolute atomic E-state index is 13.8. The molecule has 0 saturated heterocycles. The molecule has 2 N–H and O–H groups in total. The molecule has 0 aromatic heterocycles. The number of hydrogen-bond acceptors (Lipinski definition) is 3. The summed E-state index contributed by atoms with van der Waals surface area (Å²) >= 11 is 1.32. The predicted octanol–water partition coefficient (Wildman–Crippen LogP) is 3.65. The average molecular weight is 362 g/mol. The van der Waals surface area contributed by atoms with E-state index in [1.165, 1.54) is 17.8 Å². The molecule has 0 aliphatic carbocycles. The minimum absolute atomic E-state index is 0.0298. The zero-order valence-corrected chi connectivity index (χ0v) is 14.2. The van der Waals surface area contributed by atoms with Crippen molar-refractivity contribution >= 4 is 29.3 Å². The summed E-state index contributed by atoms with van der Waals surface area (Å²) in [5, 5.41) is 4.87. The predicted molar refractivity (Wildman–Crippen MR) is 92.2 cm³/mol. The molecule has 1 aliphatic rings. The maximum Gasteiger partial charge on any atom is 0.238 e. The van der Waals surface area contributed by atoms with Crippen molar-refractivity contribution in [1.29, 1.82) is 0 Å². The third-order valence-electron chi connectivity index (χ3n) is 3.88. The SMILES string of the molecule is C[C@@H](NC(=O)C[C@H]1Sc2ccccc2NC1=O)c1ccc(F)cc1F. The van der Waals surface area contributed by atoms with E-state index >= 15 is 0 Å². The van der Waals surface area contributed by atoms with Crippen molar-refractivity contribution in [2.24, 2.45) is 0 Å². The zero-order valence-electron chi connectivity index (χ0n) is 13.4. The second-order valence-corrected chi connectivity index (χ2v) is 7.00. The van der Waals surface area contributed by atoms with Crippen LogP contribution in [-0.2, 0) is 9.59 Å². The quantitative estimate of drug-likeness (QED) is 0.873. The number of thioether (sulfide) groups is 1. The molecule has 0 bridgehead atoms. The second-order valence-electron chi connectivity index (χ2n) is 5.75. The number of amides is 2. The molecule has 1 heterocycles. The monoisotopic (exact) mass is 362 g/mol. The van der Waals surface area contributed by atoms with Crippen LogP contribution in [0, 0.1) is 11.6 Å². The highest BCUT2D eigenvalue weighted by molar-refractivity contribution is 8.01. The van der Waals surface area contributed by atoms with Crippen LogP contribution in [0.25, 0.3) is 0 Å². The normalized spacial score (nSPS) is 17.4. The van der Waals surface area contributed by atoms with Gasteiger partial charge in [0.2, 0.25) is 11.8 Å². The number of anilines is 1. The maximum atomic E-state index is 13.8. The van der Waals surface area contributed by atoms with Gasteiger partial charge in [-0.2, -0.15) is 0 Å². The van der Waals surface area contributed by atoms with Crippen LogP contribution in [0.3, 0.4) is 0 Å². The van der Waals surface area contributed by atoms with Crippen molar-refractivity contribution in [3.63, 3.8) is 0 Å². The molecule has 2 amide bonds. The van der Waals surface area contributed by atoms with E-state index in [9.17, 15) is 18.4 Å². The molecule has 7 heteroatoms. The minimum atomic E-state index is -0.716. The Morgan fingerprint density at radius 1 is 1.28 bits per heavy atom. The third kappa shape index (κ3) is 3.99. The number of carbonyl (C=O) groups excluding carboxylic acids is 2. The number of nitrogens with one attached hydrogen (secondary N) is 2. The lowest BCUT2D eigenvalue weighted by atomic mass is 10.1. The van der Waals surface area contributed by atoms with E-state index in [2.05, 4.69) is 10.6 Å². The fourth-order valence-corrected chi connectivity index (χ4v) is 3.74. The van der Waals surface area contributed by atoms with Gasteiger partial charge >= 0.3 is 0 Å². The van der Waals surface area contributed by atoms with Gasteiger partial charge in [-0.3, -0.25) is 9.59 Å². The van der Waals surface area contributed by atoms with Crippen molar-refractivity contribution < 1.29 is 18.4 Å². The Labute approximate surface area is 148 Å². The van der Waals surface area contributed by atoms with E-state index in [0.717, 1.165) is 22.7 Å². The van der Waals surface area contributed by atoms with Crippen LogP contribution in [0.15, 0.2) is 47.4 Å². The first kappa shape index (κ1) is 17.4. The molecular formula is C18H16F2N2O2S. The molecule has 2 aromatic rings. The number of carbonyl (C=O) groups is 2. The molecule has 0 spiro atoms. The van der Waals surface area contributed by atoms with Crippen LogP contribution in [0.1, 0.15) is 24.9 Å². The summed E-state index contributed by atoms with van der Waals surface area (Å²) in [7, 11) is 0. The van der Waals surface area contributed by atoms with Gasteiger partial charge in [0, 0.05) is 22.9 Å². The van der Waals surface area contributed by atoms with E-state index in [4.69, 9.17) is 0 Å². The van der Waals surface area contributed by atoms with E-state index in [0.29, 0.717) is 0 Å². The molecule has 4 nitrogen and oxygen atoms in total. The second kappa shape index (κ2) is 7.23. The lowest BCUT2D eigenvalue weighted by molar-refractivity contribution is -0.124. The number of para-hydroxylation sites is 1. The van der Waals surface area contributed by atoms with Gasteiger partial charge in [-0.15, -0.1) is 11.8 Å². The molecule has 3 rings (SSSR count). The van der Waals surface area contributed by atoms with Crippen LogP contribution < -0.4 is 10.6 Å². The Hall–Kier alpha value is -2.41. The first-order valence-electron chi connectivity index (χ1n) is 7.75. The Bertz CT molecular complexity index is 828. The molecule has 0 unspecified atom stereocenters. The highest BCUT2D eigenvalue weighted by Crippen LogP contribution is 2.36. The Morgan fingerprint density at radius 2 is 2.04 bits per heavy atom. The van der Waals surface area contributed by atoms with Gasteiger partial charge in [-0.05, 0) is 25.1 Å². The molecule has 2 aromatic carbocycles. The molecule has 130 valence electrons. The summed E-state index contributed by atoms with van der Waals surface area (Å²) in [5.74, 6) is -2.00. The first-order valence-corrected chi connectivity index (χ1v) is 8.63. The summed E-state index contributed by atoms with van der Waals surface area (Å²) < 4.78 is 26.8. The lowest BCUT2D eigenvalue weighted by Crippen LogP contribution is -2.35. The van der Waals surface area contributed by atoms with Crippen LogP contribution in [0.2, 0.25) is 0 Å². The van der Waals surface area contributed by atoms with E-state index < -0.39 is 22.9 Å². The summed E-state index contributed by atoms with van der Waals surface area (Å²) in [6.07, 6.45) is -0.0298. The van der Waals surface area contributed by atoms with Gasteiger partial charge in [0.25, 0.3) is 0 Å². The topological polar surface area (TPSA) is 58.2 Å². The van der Waals surface area contributed by atoms with E-state index in [1.54, 1.807) is 13.0 Å². The van der Waals surface area contributed by atoms with Gasteiger partial charge in [-0.25, -0.2) is 8.78 Å². The van der Waals surface area contributed by atoms with Crippen molar-refractivity contribution in [2.75, 3.05) is 5.32 Å². The summed E-state index contributed by atoms with van der Waals surface area (Å²) in [6, 6.07) is 9.95. The minimum Gasteiger partial charge on any atom is -0.349 e. The largest absolute Gasteiger partial charge is 0.349 e. The number of rotatable bonds is 4. The smallest absolute Gasteiger partial charge is 0.238 e. The van der Waals surface area contributed by atoms with Crippen LogP contribution in [-0.4, -0.2) is 17.1 Å². The summed E-state index contributed by atoms with van der Waals surface area (Å²) in [6.45, 7) is 1.61. The molecule has 0 fully saturated rings. The number of hydrogen-bond donors (Lipinski definition) is 2. The average Bonchev–Trinajstić information content (AvgIpc) is 2.55. The standard InChI is InChI=1S/C18H16F2N2O2S/c1-10(12-7-6-11(19)8-13(12)20)21-17(23)9-16-18(24)22-14-4-2-3-5-15(14)25-16/h2-8,10,16H,9H2,1H3,(H,21,23)(H,22,24)/t10-,16-/m1/s1. The van der Waals surface area contributed by atoms with Crippen LogP contribution in [0.4, 0.5) is 14.5 Å². The Balaban J connectivity index is 1.63. The van der Waals surface area contributed by atoms with Crippen molar-refractivity contribution in [1.82, 2.24) is 5.32 Å². The highest BCUT2D eigenvalue weighted by atomic mass is 32.2. The van der Waals surface area contributed by atoms with Gasteiger partial charge in [0.05, 0.1) is 17.0 Å². The fraction of sp³-hybridized carbons (Fsp3) is 0.222.